The van der Waals surface area contributed by atoms with Crippen molar-refractivity contribution in [1.29, 1.82) is 0 Å². The standard InChI is InChI=1S/C26H34N2O4/c1-18(2)21(27-25(30)32-26(3,4)5)22-23(31-17-20-14-10-7-11-15-20)24(29)28(22)16-19-12-8-6-9-13-19/h6-15,18,21-23H,16-17H2,1-5H3,(H,27,30)/t21-,22+,23-/m0/s1. The maximum atomic E-state index is 13.1. The minimum Gasteiger partial charge on any atom is -0.444 e. The number of β-lactam (4-membered cyclic amide) rings is 1. The third kappa shape index (κ3) is 6.10. The lowest BCUT2D eigenvalue weighted by molar-refractivity contribution is -0.181. The summed E-state index contributed by atoms with van der Waals surface area (Å²) in [6, 6.07) is 19.0. The predicted molar refractivity (Wildman–Crippen MR) is 124 cm³/mol. The van der Waals surface area contributed by atoms with Crippen LogP contribution in [0.1, 0.15) is 45.7 Å². The topological polar surface area (TPSA) is 67.9 Å². The van der Waals surface area contributed by atoms with Crippen LogP contribution in [-0.4, -0.2) is 40.7 Å². The monoisotopic (exact) mass is 438 g/mol. The molecule has 6 nitrogen and oxygen atoms in total. The summed E-state index contributed by atoms with van der Waals surface area (Å²) in [5, 5.41) is 3.00. The summed E-state index contributed by atoms with van der Waals surface area (Å²) >= 11 is 0. The van der Waals surface area contributed by atoms with Crippen molar-refractivity contribution in [2.75, 3.05) is 0 Å². The Morgan fingerprint density at radius 3 is 2.09 bits per heavy atom. The van der Waals surface area contributed by atoms with Crippen LogP contribution < -0.4 is 5.32 Å². The molecular formula is C26H34N2O4. The molecule has 2 aromatic carbocycles. The molecule has 3 rings (SSSR count). The summed E-state index contributed by atoms with van der Waals surface area (Å²) in [5.74, 6) is 0.00754. The highest BCUT2D eigenvalue weighted by molar-refractivity contribution is 5.89. The van der Waals surface area contributed by atoms with Gasteiger partial charge in [0.1, 0.15) is 5.60 Å². The normalized spacial score (nSPS) is 19.4. The van der Waals surface area contributed by atoms with Gasteiger partial charge in [-0.3, -0.25) is 4.79 Å². The lowest BCUT2D eigenvalue weighted by Crippen LogP contribution is -2.72. The van der Waals surface area contributed by atoms with Crippen LogP contribution in [0.3, 0.4) is 0 Å². The number of nitrogens with zero attached hydrogens (tertiary/aromatic N) is 1. The molecule has 2 aromatic rings. The number of likely N-dealkylation sites (tertiary alicyclic amines) is 1. The van der Waals surface area contributed by atoms with Crippen LogP contribution in [0.5, 0.6) is 0 Å². The third-order valence-corrected chi connectivity index (χ3v) is 5.43. The van der Waals surface area contributed by atoms with Gasteiger partial charge in [0.15, 0.2) is 6.10 Å². The van der Waals surface area contributed by atoms with Crippen LogP contribution in [0.4, 0.5) is 4.79 Å². The number of rotatable bonds is 8. The van der Waals surface area contributed by atoms with Gasteiger partial charge in [-0.15, -0.1) is 0 Å². The van der Waals surface area contributed by atoms with Gasteiger partial charge in [0.05, 0.1) is 18.7 Å². The molecule has 32 heavy (non-hydrogen) atoms. The molecule has 3 atom stereocenters. The average Bonchev–Trinajstić information content (AvgIpc) is 2.74. The smallest absolute Gasteiger partial charge is 0.407 e. The van der Waals surface area contributed by atoms with Crippen molar-refractivity contribution in [2.45, 2.75) is 71.6 Å². The van der Waals surface area contributed by atoms with E-state index in [9.17, 15) is 9.59 Å². The van der Waals surface area contributed by atoms with Crippen LogP contribution >= 0.6 is 0 Å². The summed E-state index contributed by atoms with van der Waals surface area (Å²) in [5.41, 5.74) is 1.43. The van der Waals surface area contributed by atoms with Gasteiger partial charge < -0.3 is 19.7 Å². The molecule has 0 spiro atoms. The first-order chi connectivity index (χ1) is 15.2. The van der Waals surface area contributed by atoms with E-state index in [1.165, 1.54) is 0 Å². The van der Waals surface area contributed by atoms with E-state index in [1.54, 1.807) is 4.90 Å². The molecule has 1 aliphatic rings. The first kappa shape index (κ1) is 23.8. The Hall–Kier alpha value is -2.86. The molecule has 1 saturated heterocycles. The van der Waals surface area contributed by atoms with E-state index >= 15 is 0 Å². The Bertz CT molecular complexity index is 893. The van der Waals surface area contributed by atoms with E-state index in [0.717, 1.165) is 11.1 Å². The molecule has 0 saturated carbocycles. The summed E-state index contributed by atoms with van der Waals surface area (Å²) in [7, 11) is 0. The van der Waals surface area contributed by atoms with Crippen molar-refractivity contribution in [2.24, 2.45) is 5.92 Å². The SMILES string of the molecule is CC(C)[C@H](NC(=O)OC(C)(C)C)[C@@H]1[C@H](OCc2ccccc2)C(=O)N1Cc1ccccc1. The number of ether oxygens (including phenoxy) is 2. The number of carbonyl (C=O) groups excluding carboxylic acids is 2. The van der Waals surface area contributed by atoms with Crippen molar-refractivity contribution in [1.82, 2.24) is 10.2 Å². The second kappa shape index (κ2) is 10.2. The van der Waals surface area contributed by atoms with Crippen LogP contribution in [0.2, 0.25) is 0 Å². The Kier molecular flexibility index (Phi) is 7.56. The predicted octanol–water partition coefficient (Wildman–Crippen LogP) is 4.53. The molecule has 6 heteroatoms. The maximum absolute atomic E-state index is 13.1. The number of carbonyl (C=O) groups is 2. The summed E-state index contributed by atoms with van der Waals surface area (Å²) in [4.78, 5) is 27.5. The fourth-order valence-corrected chi connectivity index (χ4v) is 3.90. The highest BCUT2D eigenvalue weighted by Crippen LogP contribution is 2.32. The quantitative estimate of drug-likeness (QED) is 0.615. The lowest BCUT2D eigenvalue weighted by Gasteiger charge is -2.51. The number of amides is 2. The number of benzene rings is 2. The van der Waals surface area contributed by atoms with Crippen molar-refractivity contribution in [3.05, 3.63) is 71.8 Å². The summed E-state index contributed by atoms with van der Waals surface area (Å²) < 4.78 is 11.6. The van der Waals surface area contributed by atoms with Crippen LogP contribution in [0.25, 0.3) is 0 Å². The van der Waals surface area contributed by atoms with Gasteiger partial charge in [0.25, 0.3) is 5.91 Å². The van der Waals surface area contributed by atoms with Gasteiger partial charge in [0.2, 0.25) is 0 Å². The van der Waals surface area contributed by atoms with Crippen molar-refractivity contribution in [3.63, 3.8) is 0 Å². The molecule has 1 heterocycles. The van der Waals surface area contributed by atoms with E-state index in [2.05, 4.69) is 5.32 Å². The molecule has 0 unspecified atom stereocenters. The molecule has 0 bridgehead atoms. The van der Waals surface area contributed by atoms with Gasteiger partial charge >= 0.3 is 6.09 Å². The number of nitrogens with one attached hydrogen (secondary N) is 1. The van der Waals surface area contributed by atoms with Crippen LogP contribution in [-0.2, 0) is 27.4 Å². The summed E-state index contributed by atoms with van der Waals surface area (Å²) in [6.07, 6.45) is -1.11. The second-order valence-corrected chi connectivity index (χ2v) is 9.58. The van der Waals surface area contributed by atoms with E-state index in [-0.39, 0.29) is 23.9 Å². The molecule has 1 aliphatic heterocycles. The Labute approximate surface area is 190 Å². The average molecular weight is 439 g/mol. The third-order valence-electron chi connectivity index (χ3n) is 5.43. The highest BCUT2D eigenvalue weighted by Gasteiger charge is 2.53. The fourth-order valence-electron chi connectivity index (χ4n) is 3.90. The van der Waals surface area contributed by atoms with Crippen molar-refractivity contribution >= 4 is 12.0 Å². The van der Waals surface area contributed by atoms with Crippen molar-refractivity contribution in [3.8, 4) is 0 Å². The largest absolute Gasteiger partial charge is 0.444 e. The number of alkyl carbamates (subject to hydrolysis) is 1. The number of hydrogen-bond acceptors (Lipinski definition) is 4. The van der Waals surface area contributed by atoms with E-state index in [0.29, 0.717) is 13.2 Å². The first-order valence-electron chi connectivity index (χ1n) is 11.1. The zero-order chi connectivity index (χ0) is 23.3. The summed E-state index contributed by atoms with van der Waals surface area (Å²) in [6.45, 7) is 10.4. The number of hydrogen-bond donors (Lipinski definition) is 1. The molecule has 0 aliphatic carbocycles. The molecule has 172 valence electrons. The van der Waals surface area contributed by atoms with Crippen LogP contribution in [0.15, 0.2) is 60.7 Å². The van der Waals surface area contributed by atoms with Gasteiger partial charge in [-0.25, -0.2) is 4.79 Å². The van der Waals surface area contributed by atoms with Gasteiger partial charge in [-0.1, -0.05) is 74.5 Å². The second-order valence-electron chi connectivity index (χ2n) is 9.58. The molecule has 0 aromatic heterocycles. The van der Waals surface area contributed by atoms with Crippen molar-refractivity contribution < 1.29 is 19.1 Å². The van der Waals surface area contributed by atoms with Crippen LogP contribution in [0, 0.1) is 5.92 Å². The van der Waals surface area contributed by atoms with E-state index in [4.69, 9.17) is 9.47 Å². The molecule has 0 radical (unpaired) electrons. The van der Waals surface area contributed by atoms with E-state index < -0.39 is 17.8 Å². The fraction of sp³-hybridized carbons (Fsp3) is 0.462. The van der Waals surface area contributed by atoms with E-state index in [1.807, 2.05) is 95.3 Å². The van der Waals surface area contributed by atoms with Gasteiger partial charge in [-0.2, -0.15) is 0 Å². The zero-order valence-electron chi connectivity index (χ0n) is 19.6. The maximum Gasteiger partial charge on any atom is 0.407 e. The highest BCUT2D eigenvalue weighted by atomic mass is 16.6. The van der Waals surface area contributed by atoms with Gasteiger partial charge in [0, 0.05) is 6.54 Å². The van der Waals surface area contributed by atoms with Gasteiger partial charge in [-0.05, 0) is 37.8 Å². The molecule has 1 N–H and O–H groups in total. The Morgan fingerprint density at radius 1 is 1.00 bits per heavy atom. The Morgan fingerprint density at radius 2 is 1.56 bits per heavy atom. The first-order valence-corrected chi connectivity index (χ1v) is 11.1. The minimum atomic E-state index is -0.624. The minimum absolute atomic E-state index is 0.0635. The molecular weight excluding hydrogens is 404 g/mol. The molecule has 2 amide bonds. The zero-order valence-corrected chi connectivity index (χ0v) is 19.6. The lowest BCUT2D eigenvalue weighted by atomic mass is 9.84. The Balaban J connectivity index is 1.80. The molecule has 1 fully saturated rings.